The van der Waals surface area contributed by atoms with E-state index in [1.54, 1.807) is 18.2 Å². The molecule has 2 aliphatic rings. The minimum Gasteiger partial charge on any atom is -0.382 e. The van der Waals surface area contributed by atoms with Crippen LogP contribution in [0.5, 0.6) is 0 Å². The highest BCUT2D eigenvalue weighted by atomic mass is 19.3. The maximum absolute atomic E-state index is 14.8. The third-order valence-electron chi connectivity index (χ3n) is 6.77. The van der Waals surface area contributed by atoms with Gasteiger partial charge in [-0.1, -0.05) is 12.1 Å². The molecule has 3 N–H and O–H groups in total. The van der Waals surface area contributed by atoms with E-state index in [0.29, 0.717) is 62.4 Å². The van der Waals surface area contributed by atoms with Gasteiger partial charge in [-0.25, -0.2) is 18.2 Å². The fourth-order valence-corrected chi connectivity index (χ4v) is 4.81. The van der Waals surface area contributed by atoms with E-state index in [9.17, 15) is 22.4 Å². The van der Waals surface area contributed by atoms with Crippen LogP contribution < -0.4 is 16.0 Å². The quantitative estimate of drug-likeness (QED) is 0.488. The van der Waals surface area contributed by atoms with E-state index in [2.05, 4.69) is 20.2 Å². The number of anilines is 2. The number of hydrogen-bond donors (Lipinski definition) is 2. The number of piperazine rings is 1. The highest BCUT2D eigenvalue weighted by Gasteiger charge is 2.24. The summed E-state index contributed by atoms with van der Waals surface area (Å²) in [5.41, 5.74) is 8.31. The lowest BCUT2D eigenvalue weighted by atomic mass is 9.96. The van der Waals surface area contributed by atoms with Crippen LogP contribution in [0.3, 0.4) is 0 Å². The van der Waals surface area contributed by atoms with Gasteiger partial charge in [-0.2, -0.15) is 9.37 Å². The lowest BCUT2D eigenvalue weighted by Crippen LogP contribution is -2.46. The summed E-state index contributed by atoms with van der Waals surface area (Å²) >= 11 is 0. The van der Waals surface area contributed by atoms with Crippen LogP contribution in [0.25, 0.3) is 22.5 Å². The van der Waals surface area contributed by atoms with Crippen molar-refractivity contribution in [2.24, 2.45) is 0 Å². The number of halogens is 4. The molecule has 11 heteroatoms. The number of fused-ring (bicyclic) bond motifs is 1. The molecule has 1 aromatic heterocycles. The standard InChI is InChI=1S/C26H26F4N6O/c27-19-14-17(13-16-5-7-32-26(37)21(16)19)23-25(31)34-24(30)22(33-23)15-1-3-18(4-2-15)36-11-9-35(10-12-36)8-6-20(28)29/h1-4,13-14,20H,5-12H2,(H2,31,34)(H,32,37). The van der Waals surface area contributed by atoms with Crippen molar-refractivity contribution in [1.82, 2.24) is 20.2 Å². The summed E-state index contributed by atoms with van der Waals surface area (Å²) in [6, 6.07) is 9.95. The van der Waals surface area contributed by atoms with Gasteiger partial charge in [0.2, 0.25) is 12.4 Å². The predicted octanol–water partition coefficient (Wildman–Crippen LogP) is 3.73. The average molecular weight is 515 g/mol. The van der Waals surface area contributed by atoms with Crippen LogP contribution >= 0.6 is 0 Å². The summed E-state index contributed by atoms with van der Waals surface area (Å²) in [6.45, 7) is 3.55. The molecule has 2 aromatic carbocycles. The Labute approximate surface area is 211 Å². The summed E-state index contributed by atoms with van der Waals surface area (Å²) in [4.78, 5) is 24.4. The van der Waals surface area contributed by atoms with E-state index in [-0.39, 0.29) is 29.2 Å². The molecule has 3 aromatic rings. The maximum Gasteiger partial charge on any atom is 0.254 e. The lowest BCUT2D eigenvalue weighted by Gasteiger charge is -2.36. The zero-order valence-corrected chi connectivity index (χ0v) is 20.0. The van der Waals surface area contributed by atoms with Crippen LogP contribution in [0.15, 0.2) is 36.4 Å². The van der Waals surface area contributed by atoms with Gasteiger partial charge < -0.3 is 16.0 Å². The van der Waals surface area contributed by atoms with Crippen molar-refractivity contribution in [2.45, 2.75) is 19.3 Å². The smallest absolute Gasteiger partial charge is 0.254 e. The van der Waals surface area contributed by atoms with E-state index in [0.717, 1.165) is 11.8 Å². The fraction of sp³-hybridized carbons (Fsp3) is 0.346. The summed E-state index contributed by atoms with van der Waals surface area (Å²) in [5.74, 6) is -2.20. The van der Waals surface area contributed by atoms with Gasteiger partial charge in [-0.3, -0.25) is 9.69 Å². The Bertz CT molecular complexity index is 1310. The van der Waals surface area contributed by atoms with Crippen LogP contribution in [0.2, 0.25) is 0 Å². The summed E-state index contributed by atoms with van der Waals surface area (Å²) in [6.07, 6.45) is -1.97. The van der Waals surface area contributed by atoms with Gasteiger partial charge in [0.25, 0.3) is 5.91 Å². The zero-order chi connectivity index (χ0) is 26.1. The van der Waals surface area contributed by atoms with Gasteiger partial charge in [-0.15, -0.1) is 0 Å². The molecule has 2 aliphatic heterocycles. The van der Waals surface area contributed by atoms with Crippen molar-refractivity contribution in [3.63, 3.8) is 0 Å². The number of aromatic nitrogens is 2. The second kappa shape index (κ2) is 10.3. The first-order chi connectivity index (χ1) is 17.8. The normalized spacial score (nSPS) is 16.1. The van der Waals surface area contributed by atoms with Crippen LogP contribution in [0.4, 0.5) is 29.1 Å². The van der Waals surface area contributed by atoms with Gasteiger partial charge in [0.15, 0.2) is 5.82 Å². The first-order valence-corrected chi connectivity index (χ1v) is 12.1. The number of nitrogen functional groups attached to an aromatic ring is 1. The predicted molar refractivity (Wildman–Crippen MR) is 133 cm³/mol. The SMILES string of the molecule is Nc1nc(F)c(-c2ccc(N3CCN(CCC(F)F)CC3)cc2)nc1-c1cc(F)c2c(c1)CCNC2=O. The molecule has 37 heavy (non-hydrogen) atoms. The molecule has 1 amide bonds. The average Bonchev–Trinajstić information content (AvgIpc) is 2.88. The molecule has 0 bridgehead atoms. The molecular formula is C26H26F4N6O. The van der Waals surface area contributed by atoms with Crippen molar-refractivity contribution in [3.05, 3.63) is 59.3 Å². The molecule has 0 unspecified atom stereocenters. The van der Waals surface area contributed by atoms with Crippen LogP contribution in [0, 0.1) is 11.8 Å². The van der Waals surface area contributed by atoms with Gasteiger partial charge in [0.1, 0.15) is 17.2 Å². The molecule has 0 radical (unpaired) electrons. The maximum atomic E-state index is 14.8. The molecule has 5 rings (SSSR count). The minimum atomic E-state index is -2.30. The topological polar surface area (TPSA) is 87.4 Å². The van der Waals surface area contributed by atoms with Crippen LogP contribution in [0.1, 0.15) is 22.3 Å². The summed E-state index contributed by atoms with van der Waals surface area (Å²) < 4.78 is 54.5. The number of nitrogens with zero attached hydrogens (tertiary/aromatic N) is 4. The Morgan fingerprint density at radius 2 is 1.70 bits per heavy atom. The molecule has 0 aliphatic carbocycles. The molecule has 1 fully saturated rings. The van der Waals surface area contributed by atoms with E-state index >= 15 is 0 Å². The van der Waals surface area contributed by atoms with E-state index in [4.69, 9.17) is 5.73 Å². The fourth-order valence-electron chi connectivity index (χ4n) is 4.81. The van der Waals surface area contributed by atoms with Crippen LogP contribution in [-0.4, -0.2) is 66.5 Å². The summed E-state index contributed by atoms with van der Waals surface area (Å²) in [5, 5.41) is 2.61. The molecule has 7 nitrogen and oxygen atoms in total. The van der Waals surface area contributed by atoms with E-state index in [1.807, 2.05) is 17.0 Å². The van der Waals surface area contributed by atoms with Gasteiger partial charge in [-0.05, 0) is 36.2 Å². The van der Waals surface area contributed by atoms with Gasteiger partial charge >= 0.3 is 0 Å². The Morgan fingerprint density at radius 1 is 0.973 bits per heavy atom. The monoisotopic (exact) mass is 514 g/mol. The first kappa shape index (κ1) is 24.9. The Morgan fingerprint density at radius 3 is 2.41 bits per heavy atom. The van der Waals surface area contributed by atoms with E-state index in [1.165, 1.54) is 0 Å². The van der Waals surface area contributed by atoms with Crippen molar-refractivity contribution < 1.29 is 22.4 Å². The molecule has 1 saturated heterocycles. The largest absolute Gasteiger partial charge is 0.382 e. The zero-order valence-electron chi connectivity index (χ0n) is 20.0. The number of rotatable bonds is 6. The van der Waals surface area contributed by atoms with Gasteiger partial charge in [0.05, 0.1) is 5.56 Å². The Balaban J connectivity index is 1.37. The van der Waals surface area contributed by atoms with Gasteiger partial charge in [0, 0.05) is 62.5 Å². The number of alkyl halides is 2. The third kappa shape index (κ3) is 5.22. The number of hydrogen-bond acceptors (Lipinski definition) is 6. The Hall–Kier alpha value is -3.73. The molecule has 194 valence electrons. The number of nitrogens with one attached hydrogen (secondary N) is 1. The highest BCUT2D eigenvalue weighted by Crippen LogP contribution is 2.32. The second-order valence-electron chi connectivity index (χ2n) is 9.15. The number of amides is 1. The number of benzene rings is 2. The number of carbonyl (C=O) groups is 1. The molecular weight excluding hydrogens is 488 g/mol. The van der Waals surface area contributed by atoms with Crippen molar-refractivity contribution in [2.75, 3.05) is 49.9 Å². The highest BCUT2D eigenvalue weighted by molar-refractivity contribution is 5.97. The van der Waals surface area contributed by atoms with Crippen molar-refractivity contribution in [1.29, 1.82) is 0 Å². The lowest BCUT2D eigenvalue weighted by molar-refractivity contribution is 0.0941. The molecule has 0 saturated carbocycles. The molecule has 0 spiro atoms. The van der Waals surface area contributed by atoms with E-state index < -0.39 is 24.1 Å². The number of carbonyl (C=O) groups excluding carboxylic acids is 1. The summed E-state index contributed by atoms with van der Waals surface area (Å²) in [7, 11) is 0. The van der Waals surface area contributed by atoms with Crippen LogP contribution in [-0.2, 0) is 6.42 Å². The minimum absolute atomic E-state index is 0.00527. The molecule has 3 heterocycles. The van der Waals surface area contributed by atoms with Crippen molar-refractivity contribution in [3.8, 4) is 22.5 Å². The Kier molecular flexibility index (Phi) is 6.96. The number of nitrogens with two attached hydrogens (primary N) is 1. The first-order valence-electron chi connectivity index (χ1n) is 12.1. The molecule has 0 atom stereocenters. The third-order valence-corrected chi connectivity index (χ3v) is 6.77. The van der Waals surface area contributed by atoms with Crippen molar-refractivity contribution >= 4 is 17.4 Å². The second-order valence-corrected chi connectivity index (χ2v) is 9.15.